The molecule has 2 aromatic heterocycles. The van der Waals surface area contributed by atoms with Crippen LogP contribution in [0.4, 0.5) is 0 Å². The summed E-state index contributed by atoms with van der Waals surface area (Å²) < 4.78 is 2.65. The summed E-state index contributed by atoms with van der Waals surface area (Å²) in [6, 6.07) is 44.0. The molecule has 2 heterocycles. The zero-order chi connectivity index (χ0) is 24.3. The van der Waals surface area contributed by atoms with Crippen LogP contribution >= 0.6 is 11.3 Å². The first-order chi connectivity index (χ1) is 18.3. The molecular formula is C35H21NS. The molecule has 0 atom stereocenters. The van der Waals surface area contributed by atoms with Crippen molar-refractivity contribution >= 4 is 64.0 Å². The van der Waals surface area contributed by atoms with Gasteiger partial charge in [-0.2, -0.15) is 0 Å². The van der Waals surface area contributed by atoms with Crippen molar-refractivity contribution in [3.63, 3.8) is 0 Å². The summed E-state index contributed by atoms with van der Waals surface area (Å²) in [5, 5.41) is 8.80. The standard InChI is InChI=1S/C35H21NS/c1-2-9-23-20-24(16-15-22(23)8-1)34-28-12-4-3-11-27(28)33(29-13-7-19-36-35(29)34)25-17-18-32-30(21-25)26-10-5-6-14-31(26)37-32/h1-21H. The number of hydrogen-bond donors (Lipinski definition) is 0. The lowest BCUT2D eigenvalue weighted by Gasteiger charge is -2.17. The van der Waals surface area contributed by atoms with Crippen LogP contribution < -0.4 is 0 Å². The molecule has 0 N–H and O–H groups in total. The molecule has 0 saturated carbocycles. The summed E-state index contributed by atoms with van der Waals surface area (Å²) in [5.41, 5.74) is 5.92. The number of rotatable bonds is 2. The van der Waals surface area contributed by atoms with E-state index in [4.69, 9.17) is 4.98 Å². The average Bonchev–Trinajstić information content (AvgIpc) is 3.33. The Balaban J connectivity index is 1.48. The zero-order valence-electron chi connectivity index (χ0n) is 20.0. The summed E-state index contributed by atoms with van der Waals surface area (Å²) in [7, 11) is 0. The Kier molecular flexibility index (Phi) is 4.46. The molecule has 2 heteroatoms. The lowest BCUT2D eigenvalue weighted by atomic mass is 9.87. The number of fused-ring (bicyclic) bond motifs is 6. The Hall–Kier alpha value is -4.53. The summed E-state index contributed by atoms with van der Waals surface area (Å²) in [6.07, 6.45) is 1.92. The minimum absolute atomic E-state index is 1.04. The Bertz CT molecular complexity index is 2090. The Morgan fingerprint density at radius 2 is 1.08 bits per heavy atom. The van der Waals surface area contributed by atoms with Gasteiger partial charge in [-0.25, -0.2) is 0 Å². The Morgan fingerprint density at radius 1 is 0.432 bits per heavy atom. The van der Waals surface area contributed by atoms with E-state index < -0.39 is 0 Å². The predicted molar refractivity (Wildman–Crippen MR) is 161 cm³/mol. The number of aromatic nitrogens is 1. The minimum Gasteiger partial charge on any atom is -0.256 e. The van der Waals surface area contributed by atoms with Crippen molar-refractivity contribution in [3.8, 4) is 22.3 Å². The average molecular weight is 488 g/mol. The van der Waals surface area contributed by atoms with Crippen LogP contribution in [0, 0.1) is 0 Å². The topological polar surface area (TPSA) is 12.9 Å². The van der Waals surface area contributed by atoms with Gasteiger partial charge in [-0.1, -0.05) is 91.0 Å². The molecule has 0 aliphatic rings. The molecule has 0 radical (unpaired) electrons. The number of hydrogen-bond acceptors (Lipinski definition) is 2. The van der Waals surface area contributed by atoms with E-state index in [0.717, 1.165) is 5.52 Å². The molecule has 0 aliphatic carbocycles. The maximum Gasteiger partial charge on any atom is 0.0792 e. The van der Waals surface area contributed by atoms with Crippen LogP contribution in [0.25, 0.3) is 74.9 Å². The van der Waals surface area contributed by atoms with Crippen LogP contribution in [0.3, 0.4) is 0 Å². The van der Waals surface area contributed by atoms with Crippen LogP contribution in [0.2, 0.25) is 0 Å². The molecule has 0 bridgehead atoms. The number of benzene rings is 6. The maximum absolute atomic E-state index is 4.98. The van der Waals surface area contributed by atoms with Crippen molar-refractivity contribution in [2.24, 2.45) is 0 Å². The molecule has 37 heavy (non-hydrogen) atoms. The van der Waals surface area contributed by atoms with Crippen molar-refractivity contribution in [1.82, 2.24) is 4.98 Å². The molecule has 8 aromatic rings. The van der Waals surface area contributed by atoms with Crippen LogP contribution in [0.1, 0.15) is 0 Å². The summed E-state index contributed by atoms with van der Waals surface area (Å²) in [4.78, 5) is 4.98. The van der Waals surface area contributed by atoms with Crippen molar-refractivity contribution < 1.29 is 0 Å². The van der Waals surface area contributed by atoms with E-state index in [1.807, 2.05) is 17.5 Å². The van der Waals surface area contributed by atoms with Gasteiger partial charge < -0.3 is 0 Å². The SMILES string of the molecule is c1ccc2cc(-c3c4ccccc4c(-c4ccc5sc6ccccc6c5c4)c4cccnc34)ccc2c1. The van der Waals surface area contributed by atoms with E-state index in [2.05, 4.69) is 121 Å². The lowest BCUT2D eigenvalue weighted by Crippen LogP contribution is -1.92. The molecule has 8 rings (SSSR count). The highest BCUT2D eigenvalue weighted by molar-refractivity contribution is 7.25. The Labute approximate surface area is 218 Å². The van der Waals surface area contributed by atoms with Gasteiger partial charge in [-0.3, -0.25) is 4.98 Å². The number of thiophene rings is 1. The van der Waals surface area contributed by atoms with Gasteiger partial charge in [0.2, 0.25) is 0 Å². The van der Waals surface area contributed by atoms with Gasteiger partial charge in [-0.15, -0.1) is 11.3 Å². The summed E-state index contributed by atoms with van der Waals surface area (Å²) in [5.74, 6) is 0. The number of nitrogens with zero attached hydrogens (tertiary/aromatic N) is 1. The monoisotopic (exact) mass is 487 g/mol. The summed E-state index contributed by atoms with van der Waals surface area (Å²) >= 11 is 1.86. The molecular weight excluding hydrogens is 466 g/mol. The van der Waals surface area contributed by atoms with Crippen LogP contribution in [-0.4, -0.2) is 4.98 Å². The first-order valence-corrected chi connectivity index (χ1v) is 13.4. The normalized spacial score (nSPS) is 11.8. The molecule has 172 valence electrons. The molecule has 0 unspecified atom stereocenters. The van der Waals surface area contributed by atoms with Gasteiger partial charge in [0.25, 0.3) is 0 Å². The van der Waals surface area contributed by atoms with Crippen LogP contribution in [-0.2, 0) is 0 Å². The predicted octanol–water partition coefficient (Wildman–Crippen LogP) is 10.2. The van der Waals surface area contributed by atoms with E-state index in [9.17, 15) is 0 Å². The number of pyridine rings is 1. The van der Waals surface area contributed by atoms with Crippen LogP contribution in [0.15, 0.2) is 128 Å². The highest BCUT2D eigenvalue weighted by atomic mass is 32.1. The quantitative estimate of drug-likeness (QED) is 0.221. The van der Waals surface area contributed by atoms with Crippen molar-refractivity contribution in [3.05, 3.63) is 128 Å². The van der Waals surface area contributed by atoms with Gasteiger partial charge >= 0.3 is 0 Å². The zero-order valence-corrected chi connectivity index (χ0v) is 20.8. The smallest absolute Gasteiger partial charge is 0.0792 e. The highest BCUT2D eigenvalue weighted by Gasteiger charge is 2.18. The molecule has 0 amide bonds. The van der Waals surface area contributed by atoms with Gasteiger partial charge in [-0.05, 0) is 68.6 Å². The van der Waals surface area contributed by atoms with Crippen molar-refractivity contribution in [2.45, 2.75) is 0 Å². The first kappa shape index (κ1) is 20.6. The van der Waals surface area contributed by atoms with Crippen molar-refractivity contribution in [2.75, 3.05) is 0 Å². The van der Waals surface area contributed by atoms with Crippen molar-refractivity contribution in [1.29, 1.82) is 0 Å². The van der Waals surface area contributed by atoms with Gasteiger partial charge in [0, 0.05) is 37.3 Å². The van der Waals surface area contributed by atoms with E-state index in [0.29, 0.717) is 0 Å². The third kappa shape index (κ3) is 3.13. The molecule has 0 fully saturated rings. The second-order valence-corrected chi connectivity index (χ2v) is 10.7. The van der Waals surface area contributed by atoms with Gasteiger partial charge in [0.05, 0.1) is 5.52 Å². The summed E-state index contributed by atoms with van der Waals surface area (Å²) in [6.45, 7) is 0. The Morgan fingerprint density at radius 3 is 1.97 bits per heavy atom. The van der Waals surface area contributed by atoms with E-state index in [1.165, 1.54) is 69.4 Å². The fraction of sp³-hybridized carbons (Fsp3) is 0. The highest BCUT2D eigenvalue weighted by Crippen LogP contribution is 2.44. The second kappa shape index (κ2) is 7.99. The molecule has 0 aliphatic heterocycles. The fourth-order valence-electron chi connectivity index (χ4n) is 5.83. The third-order valence-corrected chi connectivity index (χ3v) is 8.63. The van der Waals surface area contributed by atoms with E-state index >= 15 is 0 Å². The minimum atomic E-state index is 1.04. The molecule has 0 spiro atoms. The molecule has 1 nitrogen and oxygen atoms in total. The first-order valence-electron chi connectivity index (χ1n) is 12.6. The molecule has 6 aromatic carbocycles. The largest absolute Gasteiger partial charge is 0.256 e. The molecule has 0 saturated heterocycles. The lowest BCUT2D eigenvalue weighted by molar-refractivity contribution is 1.42. The fourth-order valence-corrected chi connectivity index (χ4v) is 6.91. The van der Waals surface area contributed by atoms with E-state index in [-0.39, 0.29) is 0 Å². The van der Waals surface area contributed by atoms with Gasteiger partial charge in [0.15, 0.2) is 0 Å². The second-order valence-electron chi connectivity index (χ2n) is 9.57. The maximum atomic E-state index is 4.98. The van der Waals surface area contributed by atoms with Gasteiger partial charge in [0.1, 0.15) is 0 Å². The third-order valence-electron chi connectivity index (χ3n) is 7.48. The van der Waals surface area contributed by atoms with E-state index in [1.54, 1.807) is 0 Å². The van der Waals surface area contributed by atoms with Crippen LogP contribution in [0.5, 0.6) is 0 Å².